The second-order valence-corrected chi connectivity index (χ2v) is 7.54. The summed E-state index contributed by atoms with van der Waals surface area (Å²) in [6, 6.07) is 14.8. The van der Waals surface area contributed by atoms with E-state index in [0.717, 1.165) is 10.6 Å². The molecule has 5 nitrogen and oxygen atoms in total. The Bertz CT molecular complexity index is 815. The first kappa shape index (κ1) is 18.6. The first-order valence-corrected chi connectivity index (χ1v) is 9.48. The van der Waals surface area contributed by atoms with Gasteiger partial charge in [0.2, 0.25) is 11.8 Å². The van der Waals surface area contributed by atoms with E-state index in [0.29, 0.717) is 23.9 Å². The van der Waals surface area contributed by atoms with E-state index in [-0.39, 0.29) is 18.2 Å². The fourth-order valence-corrected chi connectivity index (χ4v) is 3.81. The van der Waals surface area contributed by atoms with Crippen LogP contribution in [0, 0.1) is 0 Å². The van der Waals surface area contributed by atoms with Gasteiger partial charge in [0, 0.05) is 18.4 Å². The van der Waals surface area contributed by atoms with Crippen molar-refractivity contribution in [1.82, 2.24) is 4.90 Å². The number of hydrogen-bond acceptors (Lipinski definition) is 4. The lowest BCUT2D eigenvalue weighted by molar-refractivity contribution is -0.131. The number of carbonyl (C=O) groups is 2. The number of hydrogen-bond donors (Lipinski definition) is 1. The number of amides is 2. The molecule has 0 unspecified atom stereocenters. The van der Waals surface area contributed by atoms with E-state index in [2.05, 4.69) is 5.32 Å². The second kappa shape index (κ2) is 8.47. The molecule has 1 N–H and O–H groups in total. The molecule has 1 heterocycles. The topological polar surface area (TPSA) is 58.6 Å². The van der Waals surface area contributed by atoms with Gasteiger partial charge in [0.1, 0.15) is 12.4 Å². The van der Waals surface area contributed by atoms with Gasteiger partial charge >= 0.3 is 0 Å². The third-order valence-corrected chi connectivity index (χ3v) is 5.60. The van der Waals surface area contributed by atoms with Crippen molar-refractivity contribution >= 4 is 40.9 Å². The van der Waals surface area contributed by atoms with Crippen molar-refractivity contribution in [1.29, 1.82) is 0 Å². The molecular weight excluding hydrogens is 372 g/mol. The van der Waals surface area contributed by atoms with E-state index >= 15 is 0 Å². The van der Waals surface area contributed by atoms with Crippen molar-refractivity contribution in [2.45, 2.75) is 16.6 Å². The lowest BCUT2D eigenvalue weighted by atomic mass is 10.2. The molecule has 3 rings (SSSR count). The zero-order chi connectivity index (χ0) is 18.5. The Morgan fingerprint density at radius 3 is 2.77 bits per heavy atom. The lowest BCUT2D eigenvalue weighted by Gasteiger charge is -2.25. The van der Waals surface area contributed by atoms with Gasteiger partial charge in [-0.25, -0.2) is 0 Å². The van der Waals surface area contributed by atoms with E-state index < -0.39 is 5.25 Å². The van der Waals surface area contributed by atoms with Crippen molar-refractivity contribution in [3.05, 3.63) is 53.6 Å². The van der Waals surface area contributed by atoms with Crippen molar-refractivity contribution in [2.75, 3.05) is 25.5 Å². The van der Waals surface area contributed by atoms with Crippen LogP contribution in [0.5, 0.6) is 5.75 Å². The first-order chi connectivity index (χ1) is 12.5. The Labute approximate surface area is 161 Å². The number of nitrogens with zero attached hydrogens (tertiary/aromatic N) is 1. The molecule has 1 aliphatic heterocycles. The van der Waals surface area contributed by atoms with Gasteiger partial charge in [-0.2, -0.15) is 0 Å². The van der Waals surface area contributed by atoms with Crippen LogP contribution >= 0.6 is 23.4 Å². The Balaban J connectivity index is 1.50. The van der Waals surface area contributed by atoms with Crippen LogP contribution < -0.4 is 10.1 Å². The van der Waals surface area contributed by atoms with Gasteiger partial charge in [-0.05, 0) is 24.3 Å². The summed E-state index contributed by atoms with van der Waals surface area (Å²) in [6.45, 7) is 0.748. The smallest absolute Gasteiger partial charge is 0.238 e. The van der Waals surface area contributed by atoms with Gasteiger partial charge in [-0.3, -0.25) is 9.59 Å². The highest BCUT2D eigenvalue weighted by Crippen LogP contribution is 2.36. The number of para-hydroxylation sites is 2. The Morgan fingerprint density at radius 2 is 1.96 bits per heavy atom. The van der Waals surface area contributed by atoms with E-state index in [1.165, 1.54) is 11.8 Å². The molecule has 0 aromatic heterocycles. The van der Waals surface area contributed by atoms with Crippen LogP contribution in [0.4, 0.5) is 5.69 Å². The van der Waals surface area contributed by atoms with Gasteiger partial charge in [-0.1, -0.05) is 35.9 Å². The summed E-state index contributed by atoms with van der Waals surface area (Å²) in [5.74, 6) is 0.358. The van der Waals surface area contributed by atoms with Crippen LogP contribution in [0.3, 0.4) is 0 Å². The van der Waals surface area contributed by atoms with Crippen molar-refractivity contribution in [3.8, 4) is 5.75 Å². The molecule has 0 saturated heterocycles. The summed E-state index contributed by atoms with van der Waals surface area (Å²) in [4.78, 5) is 27.2. The number of thioether (sulfide) groups is 1. The number of fused-ring (bicyclic) bond motifs is 1. The summed E-state index contributed by atoms with van der Waals surface area (Å²) >= 11 is 7.46. The Morgan fingerprint density at radius 1 is 1.23 bits per heavy atom. The number of nitrogens with one attached hydrogen (secondary N) is 1. The fourth-order valence-electron chi connectivity index (χ4n) is 2.52. The maximum atomic E-state index is 12.4. The average Bonchev–Trinajstić information content (AvgIpc) is 2.63. The monoisotopic (exact) mass is 390 g/mol. The molecule has 2 aromatic rings. The zero-order valence-corrected chi connectivity index (χ0v) is 15.8. The minimum atomic E-state index is -0.427. The normalized spacial score (nSPS) is 15.8. The molecule has 0 radical (unpaired) electrons. The SMILES string of the molecule is CN(CCOc1ccccc1Cl)C(=O)C[C@H]1Sc2ccccc2NC1=O. The molecule has 1 atom stereocenters. The largest absolute Gasteiger partial charge is 0.490 e. The summed E-state index contributed by atoms with van der Waals surface area (Å²) in [7, 11) is 1.71. The van der Waals surface area contributed by atoms with E-state index in [1.807, 2.05) is 36.4 Å². The minimum Gasteiger partial charge on any atom is -0.490 e. The standard InChI is InChI=1S/C19H19ClN2O3S/c1-22(10-11-25-15-8-4-2-6-13(15)20)18(23)12-17-19(24)21-14-7-3-5-9-16(14)26-17/h2-9,17H,10-12H2,1H3,(H,21,24)/t17-/m1/s1. The molecule has 7 heteroatoms. The van der Waals surface area contributed by atoms with Gasteiger partial charge in [-0.15, -0.1) is 11.8 Å². The molecule has 2 amide bonds. The number of benzene rings is 2. The predicted octanol–water partition coefficient (Wildman–Crippen LogP) is 3.68. The third kappa shape index (κ3) is 4.51. The molecule has 136 valence electrons. The van der Waals surface area contributed by atoms with Crippen molar-refractivity contribution < 1.29 is 14.3 Å². The van der Waals surface area contributed by atoms with Crippen LogP contribution in [0.1, 0.15) is 6.42 Å². The summed E-state index contributed by atoms with van der Waals surface area (Å²) < 4.78 is 5.60. The third-order valence-electron chi connectivity index (χ3n) is 4.01. The van der Waals surface area contributed by atoms with E-state index in [1.54, 1.807) is 24.1 Å². The number of carbonyl (C=O) groups excluding carboxylic acids is 2. The maximum absolute atomic E-state index is 12.4. The highest BCUT2D eigenvalue weighted by atomic mass is 35.5. The second-order valence-electron chi connectivity index (χ2n) is 5.89. The predicted molar refractivity (Wildman–Crippen MR) is 104 cm³/mol. The fraction of sp³-hybridized carbons (Fsp3) is 0.263. The average molecular weight is 391 g/mol. The molecule has 1 aliphatic rings. The number of anilines is 1. The zero-order valence-electron chi connectivity index (χ0n) is 14.3. The molecule has 0 spiro atoms. The van der Waals surface area contributed by atoms with Gasteiger partial charge in [0.05, 0.1) is 22.5 Å². The van der Waals surface area contributed by atoms with E-state index in [4.69, 9.17) is 16.3 Å². The lowest BCUT2D eigenvalue weighted by Crippen LogP contribution is -2.37. The van der Waals surface area contributed by atoms with E-state index in [9.17, 15) is 9.59 Å². The number of halogens is 1. The number of ether oxygens (including phenoxy) is 1. The maximum Gasteiger partial charge on any atom is 0.238 e. The molecule has 0 aliphatic carbocycles. The summed E-state index contributed by atoms with van der Waals surface area (Å²) in [5.41, 5.74) is 0.799. The van der Waals surface area contributed by atoms with Crippen molar-refractivity contribution in [2.24, 2.45) is 0 Å². The van der Waals surface area contributed by atoms with Gasteiger partial charge in [0.15, 0.2) is 0 Å². The van der Waals surface area contributed by atoms with Crippen LogP contribution in [0.25, 0.3) is 0 Å². The summed E-state index contributed by atoms with van der Waals surface area (Å²) in [5, 5.41) is 2.97. The van der Waals surface area contributed by atoms with Gasteiger partial charge in [0.25, 0.3) is 0 Å². The number of likely N-dealkylation sites (N-methyl/N-ethyl adjacent to an activating group) is 1. The van der Waals surface area contributed by atoms with Crippen LogP contribution in [-0.2, 0) is 9.59 Å². The highest BCUT2D eigenvalue weighted by molar-refractivity contribution is 8.01. The van der Waals surface area contributed by atoms with Crippen molar-refractivity contribution in [3.63, 3.8) is 0 Å². The quantitative estimate of drug-likeness (QED) is 0.817. The van der Waals surface area contributed by atoms with Crippen LogP contribution in [0.2, 0.25) is 5.02 Å². The Hall–Kier alpha value is -2.18. The van der Waals surface area contributed by atoms with Crippen LogP contribution in [0.15, 0.2) is 53.4 Å². The van der Waals surface area contributed by atoms with Crippen LogP contribution in [-0.4, -0.2) is 42.2 Å². The highest BCUT2D eigenvalue weighted by Gasteiger charge is 2.29. The molecular formula is C19H19ClN2O3S. The molecule has 0 fully saturated rings. The molecule has 2 aromatic carbocycles. The Kier molecular flexibility index (Phi) is 6.06. The number of rotatable bonds is 6. The summed E-state index contributed by atoms with van der Waals surface area (Å²) in [6.07, 6.45) is 0.146. The van der Waals surface area contributed by atoms with Gasteiger partial charge < -0.3 is 15.0 Å². The molecule has 0 bridgehead atoms. The molecule has 26 heavy (non-hydrogen) atoms. The minimum absolute atomic E-state index is 0.0974. The first-order valence-electron chi connectivity index (χ1n) is 8.22. The molecule has 0 saturated carbocycles.